The monoisotopic (exact) mass is 706 g/mol. The number of para-hydroxylation sites is 1. The number of hydrogen-bond acceptors (Lipinski definition) is 5. The molecule has 5 heteroatoms. The van der Waals surface area contributed by atoms with Gasteiger partial charge in [-0.1, -0.05) is 170 Å². The molecular weight excluding hydrogens is 673 g/mol. The van der Waals surface area contributed by atoms with Crippen LogP contribution < -0.4 is 4.74 Å². The molecular formula is C50H34N4O. The van der Waals surface area contributed by atoms with Crippen molar-refractivity contribution in [3.63, 3.8) is 0 Å². The summed E-state index contributed by atoms with van der Waals surface area (Å²) in [7, 11) is 0. The van der Waals surface area contributed by atoms with E-state index in [-0.39, 0.29) is 0 Å². The molecule has 0 amide bonds. The van der Waals surface area contributed by atoms with Crippen LogP contribution in [0.3, 0.4) is 0 Å². The van der Waals surface area contributed by atoms with E-state index < -0.39 is 0 Å². The van der Waals surface area contributed by atoms with Crippen molar-refractivity contribution < 1.29 is 4.74 Å². The lowest BCUT2D eigenvalue weighted by Gasteiger charge is -2.13. The zero-order valence-corrected chi connectivity index (χ0v) is 29.8. The predicted molar refractivity (Wildman–Crippen MR) is 222 cm³/mol. The molecule has 260 valence electrons. The first-order valence-electron chi connectivity index (χ1n) is 18.2. The molecule has 5 nitrogen and oxygen atoms in total. The molecule has 0 fully saturated rings. The number of aromatic nitrogens is 4. The Morgan fingerprint density at radius 1 is 0.273 bits per heavy atom. The average molecular weight is 707 g/mol. The lowest BCUT2D eigenvalue weighted by molar-refractivity contribution is 0.484. The molecule has 0 saturated heterocycles. The van der Waals surface area contributed by atoms with E-state index in [1.165, 1.54) is 0 Å². The summed E-state index contributed by atoms with van der Waals surface area (Å²) in [6.45, 7) is 0. The molecule has 0 bridgehead atoms. The molecule has 0 aliphatic rings. The fourth-order valence-corrected chi connectivity index (χ4v) is 6.57. The zero-order chi connectivity index (χ0) is 36.8. The van der Waals surface area contributed by atoms with Crippen LogP contribution in [0.25, 0.3) is 78.9 Å². The predicted octanol–water partition coefficient (Wildman–Crippen LogP) is 12.7. The third-order valence-electron chi connectivity index (χ3n) is 9.42. The Morgan fingerprint density at radius 2 is 0.618 bits per heavy atom. The van der Waals surface area contributed by atoms with Crippen LogP contribution in [0, 0.1) is 0 Å². The Labute approximate surface area is 320 Å². The summed E-state index contributed by atoms with van der Waals surface area (Å²) < 4.78 is 6.52. The normalized spacial score (nSPS) is 10.9. The first-order chi connectivity index (χ1) is 27.2. The van der Waals surface area contributed by atoms with Crippen molar-refractivity contribution >= 4 is 0 Å². The largest absolute Gasteiger partial charge is 0.457 e. The van der Waals surface area contributed by atoms with Gasteiger partial charge in [-0.3, -0.25) is 0 Å². The molecule has 2 aromatic heterocycles. The molecule has 2 heterocycles. The van der Waals surface area contributed by atoms with E-state index in [1.54, 1.807) is 0 Å². The number of ether oxygens (including phenoxy) is 1. The van der Waals surface area contributed by atoms with Crippen molar-refractivity contribution in [2.75, 3.05) is 0 Å². The Morgan fingerprint density at radius 3 is 1.05 bits per heavy atom. The quantitative estimate of drug-likeness (QED) is 0.150. The Hall–Kier alpha value is -7.50. The van der Waals surface area contributed by atoms with Crippen LogP contribution in [0.15, 0.2) is 206 Å². The van der Waals surface area contributed by atoms with Gasteiger partial charge in [-0.15, -0.1) is 0 Å². The summed E-state index contributed by atoms with van der Waals surface area (Å²) in [6.07, 6.45) is 0. The van der Waals surface area contributed by atoms with Crippen molar-refractivity contribution in [2.24, 2.45) is 0 Å². The minimum Gasteiger partial charge on any atom is -0.457 e. The summed E-state index contributed by atoms with van der Waals surface area (Å²) >= 11 is 0. The summed E-state index contributed by atoms with van der Waals surface area (Å²) in [4.78, 5) is 20.0. The van der Waals surface area contributed by atoms with Crippen molar-refractivity contribution in [1.82, 2.24) is 19.9 Å². The summed E-state index contributed by atoms with van der Waals surface area (Å²) in [5, 5.41) is 0. The zero-order valence-electron chi connectivity index (χ0n) is 29.8. The van der Waals surface area contributed by atoms with Crippen molar-refractivity contribution in [3.05, 3.63) is 206 Å². The van der Waals surface area contributed by atoms with Gasteiger partial charge in [0.2, 0.25) is 0 Å². The number of rotatable bonds is 9. The first kappa shape index (κ1) is 33.3. The number of benzene rings is 7. The summed E-state index contributed by atoms with van der Waals surface area (Å²) in [6, 6.07) is 69.4. The van der Waals surface area contributed by atoms with Crippen LogP contribution in [0.1, 0.15) is 0 Å². The summed E-state index contributed by atoms with van der Waals surface area (Å²) in [5.41, 5.74) is 11.5. The molecule has 0 spiro atoms. The van der Waals surface area contributed by atoms with Crippen LogP contribution >= 0.6 is 0 Å². The van der Waals surface area contributed by atoms with Crippen LogP contribution in [-0.4, -0.2) is 19.9 Å². The van der Waals surface area contributed by atoms with Gasteiger partial charge in [0.05, 0.1) is 28.3 Å². The molecule has 55 heavy (non-hydrogen) atoms. The van der Waals surface area contributed by atoms with Gasteiger partial charge in [-0.05, 0) is 47.5 Å². The Kier molecular flexibility index (Phi) is 9.23. The van der Waals surface area contributed by atoms with Gasteiger partial charge in [-0.25, -0.2) is 19.9 Å². The molecule has 0 N–H and O–H groups in total. The van der Waals surface area contributed by atoms with Crippen molar-refractivity contribution in [1.29, 1.82) is 0 Å². The van der Waals surface area contributed by atoms with Gasteiger partial charge in [0.15, 0.2) is 11.6 Å². The van der Waals surface area contributed by atoms with Crippen LogP contribution in [0.5, 0.6) is 11.5 Å². The third-order valence-corrected chi connectivity index (χ3v) is 9.42. The van der Waals surface area contributed by atoms with Gasteiger partial charge in [0.1, 0.15) is 11.5 Å². The lowest BCUT2D eigenvalue weighted by atomic mass is 10.0. The second-order valence-corrected chi connectivity index (χ2v) is 13.1. The first-order valence-corrected chi connectivity index (χ1v) is 18.2. The van der Waals surface area contributed by atoms with Gasteiger partial charge < -0.3 is 4.74 Å². The van der Waals surface area contributed by atoms with E-state index in [9.17, 15) is 0 Å². The molecule has 0 aliphatic heterocycles. The SMILES string of the molecule is c1ccc(-c2cc(-c3ccccc3)nc(-c3ccc(-c4ccc(Oc5ccccc5-c5nc(-c6ccccc6)cc(-c6ccccc6)n5)cc4)cc3)n2)cc1. The van der Waals surface area contributed by atoms with Gasteiger partial charge in [0, 0.05) is 27.8 Å². The van der Waals surface area contributed by atoms with Gasteiger partial charge >= 0.3 is 0 Å². The van der Waals surface area contributed by atoms with E-state index in [1.807, 2.05) is 115 Å². The lowest BCUT2D eigenvalue weighted by Crippen LogP contribution is -1.97. The maximum absolute atomic E-state index is 6.52. The second kappa shape index (κ2) is 15.2. The molecule has 0 saturated carbocycles. The minimum absolute atomic E-state index is 0.599. The van der Waals surface area contributed by atoms with E-state index in [4.69, 9.17) is 24.7 Å². The fourth-order valence-electron chi connectivity index (χ4n) is 6.57. The Bertz CT molecular complexity index is 2570. The van der Waals surface area contributed by atoms with E-state index in [2.05, 4.69) is 91.0 Å². The van der Waals surface area contributed by atoms with Gasteiger partial charge in [0.25, 0.3) is 0 Å². The van der Waals surface area contributed by atoms with Crippen molar-refractivity contribution in [2.45, 2.75) is 0 Å². The minimum atomic E-state index is 0.599. The third kappa shape index (κ3) is 7.41. The molecule has 0 atom stereocenters. The fraction of sp³-hybridized carbons (Fsp3) is 0. The molecule has 7 aromatic carbocycles. The van der Waals surface area contributed by atoms with E-state index in [0.29, 0.717) is 17.4 Å². The van der Waals surface area contributed by atoms with Crippen LogP contribution in [0.4, 0.5) is 0 Å². The summed E-state index contributed by atoms with van der Waals surface area (Å²) in [5.74, 6) is 2.68. The molecule has 0 radical (unpaired) electrons. The molecule has 9 rings (SSSR count). The van der Waals surface area contributed by atoms with Crippen molar-refractivity contribution in [3.8, 4) is 90.4 Å². The van der Waals surface area contributed by atoms with E-state index >= 15 is 0 Å². The van der Waals surface area contributed by atoms with E-state index in [0.717, 1.165) is 73.0 Å². The highest BCUT2D eigenvalue weighted by Gasteiger charge is 2.15. The highest BCUT2D eigenvalue weighted by molar-refractivity contribution is 5.76. The maximum Gasteiger partial charge on any atom is 0.164 e. The Balaban J connectivity index is 0.989. The van der Waals surface area contributed by atoms with Gasteiger partial charge in [-0.2, -0.15) is 0 Å². The average Bonchev–Trinajstić information content (AvgIpc) is 3.28. The smallest absolute Gasteiger partial charge is 0.164 e. The highest BCUT2D eigenvalue weighted by Crippen LogP contribution is 2.36. The van der Waals surface area contributed by atoms with Crippen LogP contribution in [-0.2, 0) is 0 Å². The second-order valence-electron chi connectivity index (χ2n) is 13.1. The molecule has 0 aliphatic carbocycles. The maximum atomic E-state index is 6.52. The molecule has 9 aromatic rings. The highest BCUT2D eigenvalue weighted by atomic mass is 16.5. The standard InChI is InChI=1S/C50H34N4O/c1-5-15-37(16-6-1)44-33-45(38-17-7-2-8-18-38)52-49(51-44)41-27-25-35(26-28-41)36-29-31-42(32-30-36)55-48-24-14-13-23-43(48)50-53-46(39-19-9-3-10-20-39)34-47(54-50)40-21-11-4-12-22-40/h1-34H. The topological polar surface area (TPSA) is 60.8 Å². The number of hydrogen-bond donors (Lipinski definition) is 0. The number of nitrogens with zero attached hydrogens (tertiary/aromatic N) is 4. The van der Waals surface area contributed by atoms with Crippen LogP contribution in [0.2, 0.25) is 0 Å². The molecule has 0 unspecified atom stereocenters.